The molecule has 1 fully saturated rings. The van der Waals surface area contributed by atoms with Crippen LogP contribution in [0.15, 0.2) is 4.76 Å². The average Bonchev–Trinajstić information content (AvgIpc) is 3.37. The quantitative estimate of drug-likeness (QED) is 0.0594. The number of rotatable bonds is 32. The minimum absolute atomic E-state index is 0.678. The molecule has 1 unspecified atom stereocenters. The van der Waals surface area contributed by atoms with Crippen molar-refractivity contribution in [2.75, 3.05) is 33.3 Å². The van der Waals surface area contributed by atoms with Gasteiger partial charge in [0.15, 0.2) is 0 Å². The maximum Gasteiger partial charge on any atom is 0.454 e. The fourth-order valence-electron chi connectivity index (χ4n) is 6.34. The Bertz CT molecular complexity index is 649. The lowest BCUT2D eigenvalue weighted by Crippen LogP contribution is -2.34. The Kier molecular flexibility index (Phi) is 27.1. The van der Waals surface area contributed by atoms with Crippen molar-refractivity contribution in [3.05, 3.63) is 0 Å². The molecule has 256 valence electrons. The number of hydrogen-bond donors (Lipinski definition) is 1. The summed E-state index contributed by atoms with van der Waals surface area (Å²) in [5.74, 6) is 0.678. The molecular weight excluding hydrogens is 553 g/mol. The van der Waals surface area contributed by atoms with Crippen LogP contribution in [0.4, 0.5) is 0 Å². The van der Waals surface area contributed by atoms with Gasteiger partial charge in [-0.3, -0.25) is 4.52 Å². The Hall–Kier alpha value is -0.580. The summed E-state index contributed by atoms with van der Waals surface area (Å²) in [6.45, 7) is 8.17. The first kappa shape index (κ1) is 40.4. The molecule has 43 heavy (non-hydrogen) atoms. The molecule has 0 radical (unpaired) electrons. The molecular formula is C36H74N3O3P. The third-order valence-electron chi connectivity index (χ3n) is 9.22. The summed E-state index contributed by atoms with van der Waals surface area (Å²) in [4.78, 5) is 14.5. The Balaban J connectivity index is 2.14. The second-order valence-corrected chi connectivity index (χ2v) is 14.8. The van der Waals surface area contributed by atoms with Crippen molar-refractivity contribution in [1.29, 1.82) is 0 Å². The van der Waals surface area contributed by atoms with Crippen LogP contribution in [0.1, 0.15) is 194 Å². The van der Waals surface area contributed by atoms with Crippen molar-refractivity contribution in [3.63, 3.8) is 0 Å². The summed E-state index contributed by atoms with van der Waals surface area (Å²) in [6.07, 6.45) is 37.9. The summed E-state index contributed by atoms with van der Waals surface area (Å²) in [5.41, 5.74) is 0. The average molecular weight is 628 g/mol. The monoisotopic (exact) mass is 628 g/mol. The molecule has 0 saturated carbocycles. The van der Waals surface area contributed by atoms with Crippen LogP contribution in [0, 0.1) is 0 Å². The van der Waals surface area contributed by atoms with Crippen molar-refractivity contribution in [2.24, 2.45) is 4.76 Å². The molecule has 0 spiro atoms. The third-order valence-corrected chi connectivity index (χ3v) is 10.1. The molecule has 6 nitrogen and oxygen atoms in total. The number of nitrogens with zero attached hydrogens (tertiary/aromatic N) is 3. The summed E-state index contributed by atoms with van der Waals surface area (Å²) in [5, 5.41) is 0. The number of unbranched alkanes of at least 4 members (excludes halogenated alkanes) is 26. The summed E-state index contributed by atoms with van der Waals surface area (Å²) >= 11 is 0. The van der Waals surface area contributed by atoms with Gasteiger partial charge in [-0.1, -0.05) is 181 Å². The van der Waals surface area contributed by atoms with Gasteiger partial charge in [-0.15, -0.1) is 4.76 Å². The van der Waals surface area contributed by atoms with Crippen molar-refractivity contribution >= 4 is 13.7 Å². The summed E-state index contributed by atoms with van der Waals surface area (Å²) in [6, 6.07) is 0. The predicted octanol–water partition coefficient (Wildman–Crippen LogP) is 11.7. The Morgan fingerprint density at radius 1 is 0.535 bits per heavy atom. The third kappa shape index (κ3) is 23.4. The molecule has 1 aliphatic rings. The van der Waals surface area contributed by atoms with Crippen molar-refractivity contribution in [2.45, 2.75) is 194 Å². The van der Waals surface area contributed by atoms with E-state index in [1.165, 1.54) is 174 Å². The standard InChI is InChI=1S/C36H74N3O3P/c1-4-6-8-10-12-14-16-18-20-22-24-26-28-30-32-38-34-35-39(36(38)37-43(40,41)42-3)33-31-29-27-25-23-21-19-17-15-13-11-9-7-5-2/h4-35H2,1-3H3,(H,40,41). The summed E-state index contributed by atoms with van der Waals surface area (Å²) in [7, 11) is -2.67. The highest BCUT2D eigenvalue weighted by molar-refractivity contribution is 7.51. The lowest BCUT2D eigenvalue weighted by Gasteiger charge is -2.24. The zero-order chi connectivity index (χ0) is 31.3. The van der Waals surface area contributed by atoms with Gasteiger partial charge in [0.1, 0.15) is 0 Å². The van der Waals surface area contributed by atoms with E-state index < -0.39 is 7.75 Å². The van der Waals surface area contributed by atoms with E-state index in [0.717, 1.165) is 39.0 Å². The fourth-order valence-corrected chi connectivity index (χ4v) is 6.90. The van der Waals surface area contributed by atoms with Crippen LogP contribution in [-0.4, -0.2) is 53.9 Å². The molecule has 0 aliphatic carbocycles. The highest BCUT2D eigenvalue weighted by atomic mass is 31.2. The maximum atomic E-state index is 12.3. The molecule has 1 saturated heterocycles. The van der Waals surface area contributed by atoms with Crippen LogP contribution < -0.4 is 0 Å². The van der Waals surface area contributed by atoms with E-state index in [0.29, 0.717) is 5.96 Å². The molecule has 0 aromatic carbocycles. The Morgan fingerprint density at radius 2 is 0.791 bits per heavy atom. The molecule has 0 aromatic rings. The minimum atomic E-state index is -3.94. The highest BCUT2D eigenvalue weighted by Crippen LogP contribution is 2.43. The first-order valence-corrected chi connectivity index (χ1v) is 20.6. The SMILES string of the molecule is CCCCCCCCCCCCCCCCN1CCN(CCCCCCCCCCCCCCCC)C1=NP(=O)(O)OC. The lowest BCUT2D eigenvalue weighted by molar-refractivity contribution is 0.315. The van der Waals surface area contributed by atoms with Gasteiger partial charge in [-0.25, -0.2) is 4.57 Å². The number of guanidine groups is 1. The molecule has 0 aromatic heterocycles. The Morgan fingerprint density at radius 3 is 1.05 bits per heavy atom. The fraction of sp³-hybridized carbons (Fsp3) is 0.972. The second kappa shape index (κ2) is 28.9. The van der Waals surface area contributed by atoms with Crippen LogP contribution in [0.25, 0.3) is 0 Å². The van der Waals surface area contributed by atoms with Gasteiger partial charge in [-0.05, 0) is 12.8 Å². The van der Waals surface area contributed by atoms with E-state index in [-0.39, 0.29) is 0 Å². The minimum Gasteiger partial charge on any atom is -0.341 e. The van der Waals surface area contributed by atoms with Crippen molar-refractivity contribution < 1.29 is 14.0 Å². The van der Waals surface area contributed by atoms with Crippen molar-refractivity contribution in [3.8, 4) is 0 Å². The van der Waals surface area contributed by atoms with Gasteiger partial charge >= 0.3 is 7.75 Å². The van der Waals surface area contributed by atoms with E-state index in [2.05, 4.69) is 28.4 Å². The van der Waals surface area contributed by atoms with Gasteiger partial charge in [0, 0.05) is 33.3 Å². The first-order chi connectivity index (χ1) is 21.0. The zero-order valence-corrected chi connectivity index (χ0v) is 30.1. The lowest BCUT2D eigenvalue weighted by atomic mass is 10.0. The molecule has 1 heterocycles. The molecule has 0 bridgehead atoms. The Labute approximate surface area is 268 Å². The van der Waals surface area contributed by atoms with E-state index >= 15 is 0 Å². The largest absolute Gasteiger partial charge is 0.454 e. The first-order valence-electron chi connectivity index (χ1n) is 19.0. The predicted molar refractivity (Wildman–Crippen MR) is 188 cm³/mol. The van der Waals surface area contributed by atoms with E-state index in [1.807, 2.05) is 0 Å². The van der Waals surface area contributed by atoms with Gasteiger partial charge in [0.2, 0.25) is 5.96 Å². The molecule has 7 heteroatoms. The second-order valence-electron chi connectivity index (χ2n) is 13.2. The molecule has 1 rings (SSSR count). The molecule has 1 aliphatic heterocycles. The van der Waals surface area contributed by atoms with Crippen LogP contribution in [0.2, 0.25) is 0 Å². The van der Waals surface area contributed by atoms with Gasteiger partial charge in [0.05, 0.1) is 0 Å². The van der Waals surface area contributed by atoms with Gasteiger partial charge < -0.3 is 14.7 Å². The molecule has 1 atom stereocenters. The van der Waals surface area contributed by atoms with Gasteiger partial charge in [-0.2, -0.15) is 0 Å². The zero-order valence-electron chi connectivity index (χ0n) is 29.2. The smallest absolute Gasteiger partial charge is 0.341 e. The summed E-state index contributed by atoms with van der Waals surface area (Å²) < 4.78 is 21.4. The number of hydrogen-bond acceptors (Lipinski definition) is 2. The van der Waals surface area contributed by atoms with Crippen LogP contribution >= 0.6 is 7.75 Å². The van der Waals surface area contributed by atoms with E-state index in [1.54, 1.807) is 0 Å². The van der Waals surface area contributed by atoms with E-state index in [4.69, 9.17) is 4.52 Å². The molecule has 0 amide bonds. The van der Waals surface area contributed by atoms with E-state index in [9.17, 15) is 9.46 Å². The van der Waals surface area contributed by atoms with Crippen LogP contribution in [0.5, 0.6) is 0 Å². The topological polar surface area (TPSA) is 65.4 Å². The van der Waals surface area contributed by atoms with Crippen LogP contribution in [0.3, 0.4) is 0 Å². The molecule has 1 N–H and O–H groups in total. The maximum absolute atomic E-state index is 12.3. The van der Waals surface area contributed by atoms with Crippen molar-refractivity contribution in [1.82, 2.24) is 9.80 Å². The normalized spacial score (nSPS) is 15.0. The van der Waals surface area contributed by atoms with Gasteiger partial charge in [0.25, 0.3) is 0 Å². The van der Waals surface area contributed by atoms with Crippen LogP contribution in [-0.2, 0) is 9.09 Å². The highest BCUT2D eigenvalue weighted by Gasteiger charge is 2.29.